The molecule has 2 aliphatic heterocycles. The van der Waals surface area contributed by atoms with Crippen LogP contribution in [0.15, 0.2) is 46.1 Å². The molecule has 9 nitrogen and oxygen atoms in total. The first kappa shape index (κ1) is 29.4. The molecule has 0 aliphatic carbocycles. The molecule has 0 amide bonds. The molecule has 2 saturated heterocycles. The monoisotopic (exact) mass is 637 g/mol. The molecular formula is C24H21ClF5N5O4S2. The minimum absolute atomic E-state index is 0.0364. The Bertz CT molecular complexity index is 1540. The lowest BCUT2D eigenvalue weighted by Gasteiger charge is -2.56. The number of anilines is 2. The van der Waals surface area contributed by atoms with Gasteiger partial charge in [-0.25, -0.2) is 18.6 Å². The molecular weight excluding hydrogens is 617 g/mol. The van der Waals surface area contributed by atoms with Crippen molar-refractivity contribution in [1.82, 2.24) is 15.2 Å². The molecule has 17 heteroatoms. The van der Waals surface area contributed by atoms with Crippen LogP contribution in [0.4, 0.5) is 33.5 Å². The number of nitrogens with one attached hydrogen (secondary N) is 2. The van der Waals surface area contributed by atoms with E-state index in [-0.39, 0.29) is 12.2 Å². The van der Waals surface area contributed by atoms with Gasteiger partial charge < -0.3 is 15.5 Å². The molecule has 0 bridgehead atoms. The lowest BCUT2D eigenvalue weighted by molar-refractivity contribution is -0.199. The molecule has 2 fully saturated rings. The second kappa shape index (κ2) is 11.0. The Kier molecular flexibility index (Phi) is 7.88. The van der Waals surface area contributed by atoms with Crippen molar-refractivity contribution in [3.8, 4) is 0 Å². The molecule has 3 aromatic rings. The Morgan fingerprint density at radius 1 is 1.22 bits per heavy atom. The Labute approximate surface area is 239 Å². The number of nitrogens with zero attached hydrogens (tertiary/aromatic N) is 3. The number of likely N-dealkylation sites (tertiary alicyclic amines) is 1. The molecule has 1 aromatic heterocycles. The number of hydrogen-bond donors (Lipinski definition) is 2. The van der Waals surface area contributed by atoms with E-state index in [1.807, 2.05) is 6.07 Å². The molecule has 2 N–H and O–H groups in total. The largest absolute Gasteiger partial charge is 0.493 e. The summed E-state index contributed by atoms with van der Waals surface area (Å²) in [4.78, 5) is 19.5. The molecule has 0 radical (unpaired) electrons. The first-order valence-corrected chi connectivity index (χ1v) is 14.7. The highest BCUT2D eigenvalue weighted by atomic mass is 35.5. The fourth-order valence-electron chi connectivity index (χ4n) is 4.73. The third-order valence-electron chi connectivity index (χ3n) is 6.68. The van der Waals surface area contributed by atoms with Gasteiger partial charge in [-0.15, -0.1) is 11.3 Å². The summed E-state index contributed by atoms with van der Waals surface area (Å²) in [6.45, 7) is 4.46. The fraction of sp³-hybridized carbons (Fsp3) is 0.333. The molecule has 2 aromatic carbocycles. The highest BCUT2D eigenvalue weighted by Crippen LogP contribution is 2.36. The van der Waals surface area contributed by atoms with E-state index < -0.39 is 49.0 Å². The lowest BCUT2D eigenvalue weighted by atomic mass is 9.74. The van der Waals surface area contributed by atoms with E-state index in [2.05, 4.69) is 25.4 Å². The summed E-state index contributed by atoms with van der Waals surface area (Å²) in [6.07, 6.45) is -5.60. The van der Waals surface area contributed by atoms with Gasteiger partial charge in [0.05, 0.1) is 5.51 Å². The van der Waals surface area contributed by atoms with Crippen LogP contribution in [0.2, 0.25) is 5.02 Å². The van der Waals surface area contributed by atoms with Gasteiger partial charge in [0.2, 0.25) is 0 Å². The molecule has 2 aliphatic rings. The summed E-state index contributed by atoms with van der Waals surface area (Å²) in [5.41, 5.74) is 2.74. The van der Waals surface area contributed by atoms with E-state index in [1.165, 1.54) is 0 Å². The van der Waals surface area contributed by atoms with Crippen molar-refractivity contribution in [2.45, 2.75) is 24.2 Å². The normalized spacial score (nSPS) is 16.6. The van der Waals surface area contributed by atoms with Crippen LogP contribution in [0, 0.1) is 17.0 Å². The van der Waals surface area contributed by atoms with Gasteiger partial charge in [0, 0.05) is 60.8 Å². The molecule has 0 saturated carbocycles. The number of aromatic nitrogens is 1. The molecule has 0 unspecified atom stereocenters. The van der Waals surface area contributed by atoms with Crippen LogP contribution in [-0.4, -0.2) is 56.6 Å². The zero-order chi connectivity index (χ0) is 29.6. The smallest absolute Gasteiger partial charge is 0.381 e. The van der Waals surface area contributed by atoms with Gasteiger partial charge in [0.15, 0.2) is 10.7 Å². The number of thiazole rings is 1. The number of hydrogen-bond acceptors (Lipinski definition) is 9. The molecule has 3 heterocycles. The minimum atomic E-state index is -5.60. The number of benzene rings is 2. The number of sulfonamides is 1. The Balaban J connectivity index is 1.36. The van der Waals surface area contributed by atoms with Crippen molar-refractivity contribution in [2.24, 2.45) is 5.41 Å². The first-order chi connectivity index (χ1) is 19.3. The predicted octanol–water partition coefficient (Wildman–Crippen LogP) is 4.31. The molecule has 1 spiro atoms. The van der Waals surface area contributed by atoms with Gasteiger partial charge in [-0.3, -0.25) is 4.90 Å². The van der Waals surface area contributed by atoms with Crippen molar-refractivity contribution in [2.75, 3.05) is 36.0 Å². The standard InChI is InChI=1S/C24H21ClF5N5O4S2/c25-17-3-1-2-14(7-34-11-23(12-34)9-31-10-23)16(17)6-32-15-4-18(26)21(19(27)5-15)41(37,38)35(20-8-40-13-33-20)39-22(36)24(28,29)30/h1-5,8,13,31-32H,6-7,9-12H2. The van der Waals surface area contributed by atoms with E-state index in [1.54, 1.807) is 12.1 Å². The van der Waals surface area contributed by atoms with Crippen LogP contribution in [-0.2, 0) is 32.7 Å². The van der Waals surface area contributed by atoms with Crippen LogP contribution in [0.1, 0.15) is 11.1 Å². The third kappa shape index (κ3) is 5.97. The zero-order valence-electron chi connectivity index (χ0n) is 20.8. The molecule has 41 heavy (non-hydrogen) atoms. The van der Waals surface area contributed by atoms with E-state index >= 15 is 8.78 Å². The van der Waals surface area contributed by atoms with Gasteiger partial charge in [-0.1, -0.05) is 28.2 Å². The van der Waals surface area contributed by atoms with E-state index in [4.69, 9.17) is 11.6 Å². The number of halogens is 6. The topological polar surface area (TPSA) is 104 Å². The van der Waals surface area contributed by atoms with Crippen LogP contribution >= 0.6 is 22.9 Å². The Hall–Kier alpha value is -3.05. The van der Waals surface area contributed by atoms with E-state index in [9.17, 15) is 26.4 Å². The maximum atomic E-state index is 15.1. The molecule has 220 valence electrons. The highest BCUT2D eigenvalue weighted by Gasteiger charge is 2.47. The highest BCUT2D eigenvalue weighted by molar-refractivity contribution is 7.92. The predicted molar refractivity (Wildman–Crippen MR) is 140 cm³/mol. The fourth-order valence-corrected chi connectivity index (χ4v) is 6.85. The third-order valence-corrected chi connectivity index (χ3v) is 9.21. The average Bonchev–Trinajstić information content (AvgIpc) is 3.35. The first-order valence-electron chi connectivity index (χ1n) is 11.9. The maximum Gasteiger partial charge on any atom is 0.493 e. The summed E-state index contributed by atoms with van der Waals surface area (Å²) in [6, 6.07) is 6.65. The zero-order valence-corrected chi connectivity index (χ0v) is 23.2. The average molecular weight is 638 g/mol. The van der Waals surface area contributed by atoms with Gasteiger partial charge in [0.25, 0.3) is 0 Å². The van der Waals surface area contributed by atoms with Crippen molar-refractivity contribution >= 4 is 50.4 Å². The second-order valence-electron chi connectivity index (χ2n) is 9.70. The van der Waals surface area contributed by atoms with Crippen molar-refractivity contribution in [3.05, 3.63) is 69.0 Å². The van der Waals surface area contributed by atoms with Crippen LogP contribution < -0.4 is 15.1 Å². The number of carbonyl (C=O) groups excluding carboxylic acids is 1. The maximum absolute atomic E-state index is 15.1. The SMILES string of the molecule is O=C(ON(c1cscn1)S(=O)(=O)c1c(F)cc(NCc2c(Cl)cccc2CN2CC3(CNC3)C2)cc1F)C(F)(F)F. The van der Waals surface area contributed by atoms with Crippen molar-refractivity contribution in [3.63, 3.8) is 0 Å². The summed E-state index contributed by atoms with van der Waals surface area (Å²) in [5, 5.41) is 7.41. The van der Waals surface area contributed by atoms with Gasteiger partial charge in [-0.05, 0) is 29.3 Å². The van der Waals surface area contributed by atoms with Gasteiger partial charge >= 0.3 is 22.2 Å². The summed E-state index contributed by atoms with van der Waals surface area (Å²) in [5.74, 6) is -7.02. The number of alkyl halides is 3. The quantitative estimate of drug-likeness (QED) is 0.264. The van der Waals surface area contributed by atoms with E-state index in [0.717, 1.165) is 54.0 Å². The van der Waals surface area contributed by atoms with Crippen molar-refractivity contribution < 1.29 is 40.0 Å². The number of carbonyl (C=O) groups is 1. The van der Waals surface area contributed by atoms with Gasteiger partial charge in [0.1, 0.15) is 11.6 Å². The summed E-state index contributed by atoms with van der Waals surface area (Å²) >= 11 is 7.15. The van der Waals surface area contributed by atoms with Crippen LogP contribution in [0.3, 0.4) is 0 Å². The Morgan fingerprint density at radius 2 is 1.90 bits per heavy atom. The van der Waals surface area contributed by atoms with Crippen molar-refractivity contribution in [1.29, 1.82) is 0 Å². The van der Waals surface area contributed by atoms with E-state index in [0.29, 0.717) is 34.7 Å². The second-order valence-corrected chi connectivity index (χ2v) is 12.5. The minimum Gasteiger partial charge on any atom is -0.381 e. The Morgan fingerprint density at radius 3 is 2.46 bits per heavy atom. The van der Waals surface area contributed by atoms with Crippen LogP contribution in [0.5, 0.6) is 0 Å². The summed E-state index contributed by atoms with van der Waals surface area (Å²) < 4.78 is 94.1. The molecule has 0 atom stereocenters. The summed E-state index contributed by atoms with van der Waals surface area (Å²) in [7, 11) is -5.53. The van der Waals surface area contributed by atoms with Gasteiger partial charge in [-0.2, -0.15) is 21.6 Å². The molecule has 5 rings (SSSR count). The lowest BCUT2D eigenvalue weighted by Crippen LogP contribution is -2.70. The van der Waals surface area contributed by atoms with Crippen LogP contribution in [0.25, 0.3) is 0 Å². The number of rotatable bonds is 9.